The van der Waals surface area contributed by atoms with Crippen molar-refractivity contribution in [2.45, 2.75) is 6.04 Å². The molecule has 4 heterocycles. The molecule has 0 fully saturated rings. The molecule has 0 amide bonds. The van der Waals surface area contributed by atoms with Crippen molar-refractivity contribution in [3.8, 4) is 22.5 Å². The Balaban J connectivity index is 0.950. The van der Waals surface area contributed by atoms with Crippen LogP contribution in [0.15, 0.2) is 264 Å². The maximum atomic E-state index is 6.78. The molecule has 338 valence electrons. The van der Waals surface area contributed by atoms with Gasteiger partial charge in [0.15, 0.2) is 8.07 Å². The van der Waals surface area contributed by atoms with E-state index in [1.807, 2.05) is 0 Å². The van der Waals surface area contributed by atoms with E-state index in [1.165, 1.54) is 53.7 Å². The second-order valence-electron chi connectivity index (χ2n) is 19.1. The van der Waals surface area contributed by atoms with E-state index in [2.05, 4.69) is 264 Å². The lowest BCUT2D eigenvalue weighted by Gasteiger charge is -2.34. The topological polar surface area (TPSA) is 36.1 Å². The SMILES string of the molecule is c1ccc(-c2ccc(-n3c4ccccc4c4cc(-n5c6ccccc6c6c(C[Si](c7ccccc7)(c7ccccc7)c7ccc8oc9ccccc9c8c7)cccc65)ccc43)c3c2oc2ccccc23)cc1. The van der Waals surface area contributed by atoms with Crippen LogP contribution >= 0.6 is 0 Å². The maximum Gasteiger partial charge on any atom is 0.152 e. The molecule has 0 N–H and O–H groups in total. The fourth-order valence-electron chi connectivity index (χ4n) is 12.2. The molecule has 0 atom stereocenters. The molecule has 0 radical (unpaired) electrons. The van der Waals surface area contributed by atoms with Crippen molar-refractivity contribution in [1.29, 1.82) is 0 Å². The van der Waals surface area contributed by atoms with Crippen molar-refractivity contribution >= 4 is 111 Å². The highest BCUT2D eigenvalue weighted by molar-refractivity contribution is 7.11. The predicted octanol–water partition coefficient (Wildman–Crippen LogP) is 15.6. The van der Waals surface area contributed by atoms with Gasteiger partial charge in [-0.2, -0.15) is 0 Å². The average Bonchev–Trinajstić information content (AvgIpc) is 4.21. The van der Waals surface area contributed by atoms with Gasteiger partial charge in [-0.05, 0) is 99.5 Å². The van der Waals surface area contributed by atoms with E-state index in [0.717, 1.165) is 83.5 Å². The predicted molar refractivity (Wildman–Crippen MR) is 303 cm³/mol. The quantitative estimate of drug-likeness (QED) is 0.112. The first-order valence-corrected chi connectivity index (χ1v) is 27.0. The van der Waals surface area contributed by atoms with E-state index in [0.29, 0.717) is 0 Å². The van der Waals surface area contributed by atoms with Crippen molar-refractivity contribution in [2.24, 2.45) is 0 Å². The molecule has 0 aliphatic carbocycles. The Labute approximate surface area is 415 Å². The molecule has 0 saturated carbocycles. The number of para-hydroxylation sites is 4. The summed E-state index contributed by atoms with van der Waals surface area (Å²) in [7, 11) is -2.83. The molecule has 5 heteroatoms. The standard InChI is InChI=1S/C67H44N2O2Si/c1-4-19-44(20-5-1)50-37-39-61(66-54-29-13-17-34-63(54)71-67(50)66)69-57-30-14-10-26-51(57)55-41-46(35-38-59(55)69)68-58-31-15-11-28-53(58)65-45(21-18-32-60(65)68)43-72(47-22-6-2-7-23-47,48-24-8-3-9-25-48)49-36-40-64-56(42-49)52-27-12-16-33-62(52)70-64/h1-42H,43H2. The molecular weight excluding hydrogens is 893 g/mol. The minimum atomic E-state index is -2.83. The molecular formula is C67H44N2O2Si. The summed E-state index contributed by atoms with van der Waals surface area (Å²) in [5.74, 6) is 0. The number of aromatic nitrogens is 2. The van der Waals surface area contributed by atoms with Crippen LogP contribution in [-0.2, 0) is 6.04 Å². The summed E-state index contributed by atoms with van der Waals surface area (Å²) in [5.41, 5.74) is 14.1. The molecule has 11 aromatic carbocycles. The minimum Gasteiger partial charge on any atom is -0.456 e. The second kappa shape index (κ2) is 15.9. The Kier molecular flexibility index (Phi) is 9.01. The van der Waals surface area contributed by atoms with Gasteiger partial charge in [0.1, 0.15) is 22.3 Å². The molecule has 0 unspecified atom stereocenters. The van der Waals surface area contributed by atoms with E-state index in [4.69, 9.17) is 8.83 Å². The zero-order chi connectivity index (χ0) is 47.3. The van der Waals surface area contributed by atoms with Gasteiger partial charge in [-0.15, -0.1) is 0 Å². The zero-order valence-corrected chi connectivity index (χ0v) is 40.2. The molecule has 0 aliphatic heterocycles. The third-order valence-corrected chi connectivity index (χ3v) is 20.2. The largest absolute Gasteiger partial charge is 0.456 e. The van der Waals surface area contributed by atoms with Crippen LogP contribution < -0.4 is 15.6 Å². The number of nitrogens with zero attached hydrogens (tertiary/aromatic N) is 2. The van der Waals surface area contributed by atoms with Crippen LogP contribution in [-0.4, -0.2) is 17.2 Å². The van der Waals surface area contributed by atoms with Crippen LogP contribution in [0.4, 0.5) is 0 Å². The van der Waals surface area contributed by atoms with Gasteiger partial charge in [-0.3, -0.25) is 0 Å². The van der Waals surface area contributed by atoms with Gasteiger partial charge in [-0.1, -0.05) is 188 Å². The minimum absolute atomic E-state index is 0.862. The van der Waals surface area contributed by atoms with Crippen molar-refractivity contribution in [3.05, 3.63) is 260 Å². The molecule has 15 rings (SSSR count). The molecule has 72 heavy (non-hydrogen) atoms. The van der Waals surface area contributed by atoms with Crippen LogP contribution in [0.1, 0.15) is 5.56 Å². The first-order chi connectivity index (χ1) is 35.7. The summed E-state index contributed by atoms with van der Waals surface area (Å²) in [6.07, 6.45) is 0. The summed E-state index contributed by atoms with van der Waals surface area (Å²) in [4.78, 5) is 0. The van der Waals surface area contributed by atoms with Crippen LogP contribution in [0.3, 0.4) is 0 Å². The third kappa shape index (κ3) is 5.98. The second-order valence-corrected chi connectivity index (χ2v) is 23.0. The van der Waals surface area contributed by atoms with E-state index in [9.17, 15) is 0 Å². The first-order valence-electron chi connectivity index (χ1n) is 24.8. The normalized spacial score (nSPS) is 12.2. The van der Waals surface area contributed by atoms with Crippen LogP contribution in [0.2, 0.25) is 0 Å². The lowest BCUT2D eigenvalue weighted by Crippen LogP contribution is -2.68. The Morgan fingerprint density at radius 2 is 0.917 bits per heavy atom. The van der Waals surface area contributed by atoms with E-state index in [1.54, 1.807) is 0 Å². The monoisotopic (exact) mass is 936 g/mol. The van der Waals surface area contributed by atoms with Gasteiger partial charge in [0.05, 0.1) is 33.1 Å². The van der Waals surface area contributed by atoms with Gasteiger partial charge < -0.3 is 18.0 Å². The number of hydrogen-bond acceptors (Lipinski definition) is 2. The van der Waals surface area contributed by atoms with Gasteiger partial charge in [0.25, 0.3) is 0 Å². The molecule has 4 aromatic heterocycles. The smallest absolute Gasteiger partial charge is 0.152 e. The van der Waals surface area contributed by atoms with E-state index >= 15 is 0 Å². The van der Waals surface area contributed by atoms with E-state index < -0.39 is 8.07 Å². The molecule has 4 nitrogen and oxygen atoms in total. The van der Waals surface area contributed by atoms with Crippen LogP contribution in [0.25, 0.3) is 110 Å². The third-order valence-electron chi connectivity index (χ3n) is 15.4. The maximum absolute atomic E-state index is 6.78. The number of furan rings is 2. The van der Waals surface area contributed by atoms with Crippen molar-refractivity contribution < 1.29 is 8.83 Å². The van der Waals surface area contributed by atoms with Crippen molar-refractivity contribution in [2.75, 3.05) is 0 Å². The Morgan fingerprint density at radius 3 is 1.67 bits per heavy atom. The lowest BCUT2D eigenvalue weighted by atomic mass is 10.0. The summed E-state index contributed by atoms with van der Waals surface area (Å²) in [6, 6.07) is 94.3. The van der Waals surface area contributed by atoms with Crippen molar-refractivity contribution in [3.63, 3.8) is 0 Å². The van der Waals surface area contributed by atoms with Crippen LogP contribution in [0, 0.1) is 0 Å². The molecule has 15 aromatic rings. The first kappa shape index (κ1) is 40.7. The molecule has 0 bridgehead atoms. The zero-order valence-electron chi connectivity index (χ0n) is 39.2. The lowest BCUT2D eigenvalue weighted by molar-refractivity contribution is 0.669. The van der Waals surface area contributed by atoms with E-state index in [-0.39, 0.29) is 0 Å². The fraction of sp³-hybridized carbons (Fsp3) is 0.0149. The highest BCUT2D eigenvalue weighted by Crippen LogP contribution is 2.44. The Hall–Kier alpha value is -9.16. The molecule has 0 saturated heterocycles. The fourth-order valence-corrected chi connectivity index (χ4v) is 17.0. The number of fused-ring (bicyclic) bond motifs is 12. The highest BCUT2D eigenvalue weighted by atomic mass is 28.3. The van der Waals surface area contributed by atoms with Gasteiger partial charge in [0.2, 0.25) is 0 Å². The summed E-state index contributed by atoms with van der Waals surface area (Å²) >= 11 is 0. The van der Waals surface area contributed by atoms with Crippen LogP contribution in [0.5, 0.6) is 0 Å². The highest BCUT2D eigenvalue weighted by Gasteiger charge is 2.40. The summed E-state index contributed by atoms with van der Waals surface area (Å²) in [5, 5.41) is 13.6. The van der Waals surface area contributed by atoms with Gasteiger partial charge in [0, 0.05) is 49.0 Å². The van der Waals surface area contributed by atoms with Crippen molar-refractivity contribution in [1.82, 2.24) is 9.13 Å². The number of benzene rings is 11. The summed E-state index contributed by atoms with van der Waals surface area (Å²) < 4.78 is 18.1. The Morgan fingerprint density at radius 1 is 0.333 bits per heavy atom. The van der Waals surface area contributed by atoms with Gasteiger partial charge >= 0.3 is 0 Å². The van der Waals surface area contributed by atoms with Gasteiger partial charge in [-0.25, -0.2) is 0 Å². The number of rotatable bonds is 8. The molecule has 0 aliphatic rings. The average molecular weight is 937 g/mol. The molecule has 0 spiro atoms. The number of hydrogen-bond donors (Lipinski definition) is 0. The Bertz CT molecular complexity index is 4560. The summed E-state index contributed by atoms with van der Waals surface area (Å²) in [6.45, 7) is 0.